The fourth-order valence-electron chi connectivity index (χ4n) is 17.8. The fourth-order valence-corrected chi connectivity index (χ4v) is 19.0. The van der Waals surface area contributed by atoms with Gasteiger partial charge in [-0.2, -0.15) is 0 Å². The molecule has 0 N–H and O–H groups in total. The summed E-state index contributed by atoms with van der Waals surface area (Å²) in [6, 6.07) is 139. The summed E-state index contributed by atoms with van der Waals surface area (Å²) in [5, 5.41) is 15.2. The number of nitrogens with zero attached hydrogens (tertiary/aromatic N) is 12. The van der Waals surface area contributed by atoms with Crippen molar-refractivity contribution in [2.24, 2.45) is 0 Å². The molecule has 19 aromatic carbocycles. The van der Waals surface area contributed by atoms with Crippen molar-refractivity contribution < 1.29 is 17.7 Å². The molecule has 0 atom stereocenters. The van der Waals surface area contributed by atoms with E-state index in [4.69, 9.17) is 77.5 Å². The molecular formula is C116H68N12O4S. The van der Waals surface area contributed by atoms with E-state index < -0.39 is 0 Å². The Morgan fingerprint density at radius 1 is 0.165 bits per heavy atom. The molecule has 0 saturated heterocycles. The van der Waals surface area contributed by atoms with Crippen LogP contribution < -0.4 is 0 Å². The molecule has 0 bridgehead atoms. The molecule has 27 aromatic rings. The van der Waals surface area contributed by atoms with E-state index in [0.717, 1.165) is 160 Å². The van der Waals surface area contributed by atoms with Gasteiger partial charge in [0.1, 0.15) is 27.7 Å². The Labute approximate surface area is 762 Å². The number of furan rings is 1. The van der Waals surface area contributed by atoms with Gasteiger partial charge in [-0.15, -0.1) is 11.3 Å². The Balaban J connectivity index is 0.000000107. The summed E-state index contributed by atoms with van der Waals surface area (Å²) in [6.45, 7) is 0. The highest BCUT2D eigenvalue weighted by Gasteiger charge is 2.25. The molecule has 0 aliphatic heterocycles. The molecule has 622 valence electrons. The third-order valence-electron chi connectivity index (χ3n) is 24.3. The van der Waals surface area contributed by atoms with Crippen molar-refractivity contribution in [2.45, 2.75) is 0 Å². The Kier molecular flexibility index (Phi) is 19.0. The number of hydrogen-bond donors (Lipinski definition) is 0. The minimum atomic E-state index is 0.514. The molecule has 0 radical (unpaired) electrons. The summed E-state index contributed by atoms with van der Waals surface area (Å²) in [7, 11) is 0. The van der Waals surface area contributed by atoms with Gasteiger partial charge in [-0.1, -0.05) is 346 Å². The second-order valence-corrected chi connectivity index (χ2v) is 33.5. The molecule has 16 nitrogen and oxygen atoms in total. The minimum absolute atomic E-state index is 0.514. The van der Waals surface area contributed by atoms with Crippen LogP contribution in [0, 0.1) is 0 Å². The topological polar surface area (TPSA) is 207 Å². The second kappa shape index (κ2) is 32.7. The van der Waals surface area contributed by atoms with Crippen molar-refractivity contribution in [2.75, 3.05) is 0 Å². The smallest absolute Gasteiger partial charge is 0.231 e. The van der Waals surface area contributed by atoms with E-state index in [2.05, 4.69) is 176 Å². The van der Waals surface area contributed by atoms with Gasteiger partial charge in [0, 0.05) is 103 Å². The average Bonchev–Trinajstić information content (AvgIpc) is 1.65. The molecule has 133 heavy (non-hydrogen) atoms. The number of aromatic nitrogens is 12. The largest absolute Gasteiger partial charge is 0.455 e. The summed E-state index contributed by atoms with van der Waals surface area (Å²) < 4.78 is 28.5. The van der Waals surface area contributed by atoms with Crippen molar-refractivity contribution in [1.29, 1.82) is 0 Å². The average molecular weight is 1730 g/mol. The summed E-state index contributed by atoms with van der Waals surface area (Å²) in [5.74, 6) is 7.28. The van der Waals surface area contributed by atoms with Crippen molar-refractivity contribution in [3.63, 3.8) is 0 Å². The molecule has 17 heteroatoms. The molecule has 0 aliphatic carbocycles. The summed E-state index contributed by atoms with van der Waals surface area (Å²) in [6.07, 6.45) is 0. The zero-order valence-corrected chi connectivity index (χ0v) is 71.5. The molecule has 0 fully saturated rings. The van der Waals surface area contributed by atoms with Crippen LogP contribution >= 0.6 is 11.3 Å². The Morgan fingerprint density at radius 2 is 0.481 bits per heavy atom. The third-order valence-corrected chi connectivity index (χ3v) is 25.5. The van der Waals surface area contributed by atoms with E-state index in [1.54, 1.807) is 11.3 Å². The van der Waals surface area contributed by atoms with Gasteiger partial charge in [-0.25, -0.2) is 59.8 Å². The van der Waals surface area contributed by atoms with Crippen LogP contribution in [-0.4, -0.2) is 59.8 Å². The van der Waals surface area contributed by atoms with Gasteiger partial charge < -0.3 is 17.7 Å². The van der Waals surface area contributed by atoms with Gasteiger partial charge in [0.2, 0.25) is 17.7 Å². The van der Waals surface area contributed by atoms with Crippen LogP contribution in [0.5, 0.6) is 0 Å². The monoisotopic (exact) mass is 1720 g/mol. The highest BCUT2D eigenvalue weighted by molar-refractivity contribution is 7.26. The quantitative estimate of drug-likeness (QED) is 0.104. The lowest BCUT2D eigenvalue weighted by molar-refractivity contribution is 0.618. The first-order valence-electron chi connectivity index (χ1n) is 43.7. The van der Waals surface area contributed by atoms with E-state index in [9.17, 15) is 0 Å². The lowest BCUT2D eigenvalue weighted by Gasteiger charge is -2.09. The van der Waals surface area contributed by atoms with Gasteiger partial charge >= 0.3 is 0 Å². The summed E-state index contributed by atoms with van der Waals surface area (Å²) in [4.78, 5) is 58.9. The maximum absolute atomic E-state index is 6.64. The van der Waals surface area contributed by atoms with Gasteiger partial charge in [-0.3, -0.25) is 0 Å². The lowest BCUT2D eigenvalue weighted by atomic mass is 9.97. The number of rotatable bonds is 12. The Hall–Kier alpha value is -18.1. The lowest BCUT2D eigenvalue weighted by Crippen LogP contribution is -2.00. The molecule has 27 rings (SSSR count). The molecular weight excluding hydrogens is 1660 g/mol. The fraction of sp³-hybridized carbons (Fsp3) is 0. The zero-order chi connectivity index (χ0) is 87.8. The van der Waals surface area contributed by atoms with E-state index in [1.807, 2.05) is 237 Å². The molecule has 0 unspecified atom stereocenters. The number of benzene rings is 19. The maximum atomic E-state index is 6.64. The predicted octanol–water partition coefficient (Wildman–Crippen LogP) is 30.1. The van der Waals surface area contributed by atoms with Crippen molar-refractivity contribution in [3.8, 4) is 137 Å². The third kappa shape index (κ3) is 14.3. The SMILES string of the molecule is c1ccc(-c2nc(-c3ccccc3)nc(-c3ccc4ccc5nc(-c6cc7ccccc7c7ccccc67)oc5c4c3)n2)cc1.c1ccc(-c2nc(-c3ccccc3)nc(-c3ccc4ccc5nc(-c6cccc7c6oc6ccccc67)oc5c4c3)n2)cc1.c1ccc(-c2nc(-c3ccccc3)nc(-c3ccc4ccc5nc(-c6cccc7c6sc6ccccc67)oc5c4c3)n2)cc1. The zero-order valence-electron chi connectivity index (χ0n) is 70.7. The van der Waals surface area contributed by atoms with E-state index in [1.165, 1.54) is 30.9 Å². The van der Waals surface area contributed by atoms with Gasteiger partial charge in [0.25, 0.3) is 0 Å². The Morgan fingerprint density at radius 3 is 0.910 bits per heavy atom. The molecule has 8 aromatic heterocycles. The normalized spacial score (nSPS) is 11.6. The molecule has 0 saturated carbocycles. The molecule has 0 aliphatic rings. The molecule has 0 amide bonds. The first-order chi connectivity index (χ1) is 65.8. The van der Waals surface area contributed by atoms with Crippen molar-refractivity contribution >= 4 is 141 Å². The van der Waals surface area contributed by atoms with E-state index >= 15 is 0 Å². The van der Waals surface area contributed by atoms with Gasteiger partial charge in [0.15, 0.2) is 69.2 Å². The van der Waals surface area contributed by atoms with E-state index in [-0.39, 0.29) is 0 Å². The van der Waals surface area contributed by atoms with Crippen LogP contribution in [0.2, 0.25) is 0 Å². The van der Waals surface area contributed by atoms with Gasteiger partial charge in [-0.05, 0) is 104 Å². The standard InChI is InChI=1S/C40H24N4O.C38H22N4O2.C38H22N4OS/c1-3-11-26(12-4-1)37-42-38(27-13-5-2-6-14-27)44-39(43-37)29-20-19-25-21-22-35-36(33(25)24-29)45-40(41-35)34-23-28-15-7-8-16-30(28)31-17-9-10-18-32(31)34;1-3-10-24(11-4-1)35-40-36(25-12-5-2-6-13-25)42-37(41-35)26-19-18-23-20-21-31-34(30(23)22-26)44-38(39-31)29-16-9-15-28-27-14-7-8-17-32(27)43-33(28)29;1-3-10-24(11-4-1)35-40-36(25-12-5-2-6-13-25)42-37(41-35)26-19-18-23-20-21-31-33(30(23)22-26)43-38(39-31)29-16-9-15-28-27-14-7-8-17-32(27)44-34(28)29/h1-24H;2*1-22H. The number of thiophene rings is 1. The number of fused-ring (bicyclic) bond motifs is 18. The van der Waals surface area contributed by atoms with Crippen molar-refractivity contribution in [3.05, 3.63) is 413 Å². The van der Waals surface area contributed by atoms with Gasteiger partial charge in [0.05, 0.1) is 11.1 Å². The summed E-state index contributed by atoms with van der Waals surface area (Å²) in [5.41, 5.74) is 17.2. The maximum Gasteiger partial charge on any atom is 0.231 e. The predicted molar refractivity (Wildman–Crippen MR) is 535 cm³/mol. The Bertz CT molecular complexity index is 8710. The first kappa shape index (κ1) is 77.3. The van der Waals surface area contributed by atoms with Crippen LogP contribution in [0.15, 0.2) is 430 Å². The molecule has 0 spiro atoms. The number of hydrogen-bond acceptors (Lipinski definition) is 17. The highest BCUT2D eigenvalue weighted by atomic mass is 32.1. The first-order valence-corrected chi connectivity index (χ1v) is 44.5. The number of para-hydroxylation sites is 2. The van der Waals surface area contributed by atoms with Crippen LogP contribution in [0.25, 0.3) is 266 Å². The second-order valence-electron chi connectivity index (χ2n) is 32.5. The van der Waals surface area contributed by atoms with Crippen LogP contribution in [0.1, 0.15) is 0 Å². The van der Waals surface area contributed by atoms with Crippen LogP contribution in [0.3, 0.4) is 0 Å². The van der Waals surface area contributed by atoms with Crippen molar-refractivity contribution in [1.82, 2.24) is 59.8 Å². The van der Waals surface area contributed by atoms with E-state index in [0.29, 0.717) is 75.7 Å². The summed E-state index contributed by atoms with van der Waals surface area (Å²) >= 11 is 1.77. The molecule has 8 heterocycles. The van der Waals surface area contributed by atoms with Crippen LogP contribution in [0.4, 0.5) is 0 Å². The minimum Gasteiger partial charge on any atom is -0.455 e. The number of oxazole rings is 3. The highest BCUT2D eigenvalue weighted by Crippen LogP contribution is 2.45. The van der Waals surface area contributed by atoms with Crippen LogP contribution in [-0.2, 0) is 0 Å².